The molecule has 0 spiro atoms. The number of nitrogens with zero attached hydrogens (tertiary/aromatic N) is 1. The summed E-state index contributed by atoms with van der Waals surface area (Å²) in [6.45, 7) is 5.71. The van der Waals surface area contributed by atoms with Crippen molar-refractivity contribution in [2.24, 2.45) is 5.92 Å². The maximum atomic E-state index is 11.5. The van der Waals surface area contributed by atoms with Gasteiger partial charge in [-0.25, -0.2) is 0 Å². The van der Waals surface area contributed by atoms with Crippen LogP contribution in [0.5, 0.6) is 0 Å². The van der Waals surface area contributed by atoms with E-state index in [1.165, 1.54) is 0 Å². The largest absolute Gasteiger partial charge is 0.341 e. The summed E-state index contributed by atoms with van der Waals surface area (Å²) in [4.78, 5) is 13.5. The molecule has 1 atom stereocenters. The first-order chi connectivity index (χ1) is 5.65. The van der Waals surface area contributed by atoms with Gasteiger partial charge in [0.25, 0.3) is 0 Å². The number of carbonyl (C=O) groups is 1. The number of hydrogen-bond donors (Lipinski definition) is 1. The summed E-state index contributed by atoms with van der Waals surface area (Å²) in [6.07, 6.45) is 1.09. The van der Waals surface area contributed by atoms with Crippen LogP contribution in [0.15, 0.2) is 0 Å². The molecule has 1 aliphatic rings. The van der Waals surface area contributed by atoms with E-state index < -0.39 is 0 Å². The van der Waals surface area contributed by atoms with Crippen LogP contribution in [0.25, 0.3) is 0 Å². The van der Waals surface area contributed by atoms with Crippen molar-refractivity contribution in [2.45, 2.75) is 26.3 Å². The minimum Gasteiger partial charge on any atom is -0.341 e. The SMILES string of the molecule is CNC1CCN(C(=O)C(C)C)C1.Cl. The Hall–Kier alpha value is -0.280. The monoisotopic (exact) mass is 206 g/mol. The standard InChI is InChI=1S/C9H18N2O.ClH/c1-7(2)9(12)11-5-4-8(6-11)10-3;/h7-8,10H,4-6H2,1-3H3;1H. The van der Waals surface area contributed by atoms with Crippen molar-refractivity contribution in [1.29, 1.82) is 0 Å². The predicted molar refractivity (Wildman–Crippen MR) is 56.1 cm³/mol. The second kappa shape index (κ2) is 5.45. The van der Waals surface area contributed by atoms with Crippen LogP contribution in [0.3, 0.4) is 0 Å². The van der Waals surface area contributed by atoms with Crippen LogP contribution in [0, 0.1) is 5.92 Å². The molecule has 3 nitrogen and oxygen atoms in total. The fourth-order valence-electron chi connectivity index (χ4n) is 1.56. The van der Waals surface area contributed by atoms with E-state index in [0.29, 0.717) is 6.04 Å². The van der Waals surface area contributed by atoms with Gasteiger partial charge in [-0.3, -0.25) is 4.79 Å². The predicted octanol–water partition coefficient (Wildman–Crippen LogP) is 0.884. The van der Waals surface area contributed by atoms with Crippen molar-refractivity contribution in [3.63, 3.8) is 0 Å². The molecule has 0 aromatic carbocycles. The van der Waals surface area contributed by atoms with E-state index in [1.54, 1.807) is 0 Å². The maximum absolute atomic E-state index is 11.5. The van der Waals surface area contributed by atoms with Gasteiger partial charge in [0, 0.05) is 25.0 Å². The molecule has 1 aliphatic heterocycles. The van der Waals surface area contributed by atoms with E-state index >= 15 is 0 Å². The average molecular weight is 207 g/mol. The lowest BCUT2D eigenvalue weighted by molar-refractivity contribution is -0.133. The van der Waals surface area contributed by atoms with Gasteiger partial charge in [-0.2, -0.15) is 0 Å². The zero-order valence-corrected chi connectivity index (χ0v) is 9.36. The molecule has 0 radical (unpaired) electrons. The number of amides is 1. The van der Waals surface area contributed by atoms with Crippen LogP contribution < -0.4 is 5.32 Å². The zero-order chi connectivity index (χ0) is 9.14. The summed E-state index contributed by atoms with van der Waals surface area (Å²) in [7, 11) is 1.95. The number of carbonyl (C=O) groups excluding carboxylic acids is 1. The normalized spacial score (nSPS) is 21.8. The summed E-state index contributed by atoms with van der Waals surface area (Å²) in [6, 6.07) is 0.507. The van der Waals surface area contributed by atoms with Crippen molar-refractivity contribution in [3.05, 3.63) is 0 Å². The lowest BCUT2D eigenvalue weighted by Crippen LogP contribution is -2.35. The van der Waals surface area contributed by atoms with Crippen LogP contribution in [0.2, 0.25) is 0 Å². The van der Waals surface area contributed by atoms with E-state index in [9.17, 15) is 4.79 Å². The van der Waals surface area contributed by atoms with Crippen molar-refractivity contribution < 1.29 is 4.79 Å². The fraction of sp³-hybridized carbons (Fsp3) is 0.889. The number of likely N-dealkylation sites (tertiary alicyclic amines) is 1. The number of hydrogen-bond acceptors (Lipinski definition) is 2. The Morgan fingerprint density at radius 2 is 2.15 bits per heavy atom. The Morgan fingerprint density at radius 1 is 1.54 bits per heavy atom. The Bertz CT molecular complexity index is 173. The topological polar surface area (TPSA) is 32.3 Å². The van der Waals surface area contributed by atoms with Crippen LogP contribution in [0.4, 0.5) is 0 Å². The third kappa shape index (κ3) is 3.16. The molecular formula is C9H19ClN2O. The summed E-state index contributed by atoms with van der Waals surface area (Å²) in [5.41, 5.74) is 0. The van der Waals surface area contributed by atoms with Gasteiger partial charge in [0.05, 0.1) is 0 Å². The number of halogens is 1. The quantitative estimate of drug-likeness (QED) is 0.728. The van der Waals surface area contributed by atoms with Gasteiger partial charge in [0.2, 0.25) is 5.91 Å². The van der Waals surface area contributed by atoms with Gasteiger partial charge < -0.3 is 10.2 Å². The number of nitrogens with one attached hydrogen (secondary N) is 1. The van der Waals surface area contributed by atoms with Gasteiger partial charge in [0.15, 0.2) is 0 Å². The summed E-state index contributed by atoms with van der Waals surface area (Å²) < 4.78 is 0. The lowest BCUT2D eigenvalue weighted by atomic mass is 10.2. The summed E-state index contributed by atoms with van der Waals surface area (Å²) in [5.74, 6) is 0.424. The summed E-state index contributed by atoms with van der Waals surface area (Å²) >= 11 is 0. The van der Waals surface area contributed by atoms with Gasteiger partial charge in [-0.1, -0.05) is 13.8 Å². The highest BCUT2D eigenvalue weighted by Crippen LogP contribution is 2.11. The molecular weight excluding hydrogens is 188 g/mol. The summed E-state index contributed by atoms with van der Waals surface area (Å²) in [5, 5.41) is 3.19. The van der Waals surface area contributed by atoms with Crippen LogP contribution in [0.1, 0.15) is 20.3 Å². The number of likely N-dealkylation sites (N-methyl/N-ethyl adjacent to an activating group) is 1. The molecule has 13 heavy (non-hydrogen) atoms. The van der Waals surface area contributed by atoms with Crippen molar-refractivity contribution >= 4 is 18.3 Å². The third-order valence-corrected chi connectivity index (χ3v) is 2.40. The average Bonchev–Trinajstić information content (AvgIpc) is 2.50. The molecule has 1 rings (SSSR count). The first-order valence-electron chi connectivity index (χ1n) is 4.61. The minimum absolute atomic E-state index is 0. The molecule has 78 valence electrons. The molecule has 4 heteroatoms. The Kier molecular flexibility index (Phi) is 5.33. The van der Waals surface area contributed by atoms with E-state index in [2.05, 4.69) is 5.32 Å². The molecule has 1 heterocycles. The second-order valence-electron chi connectivity index (χ2n) is 3.71. The van der Waals surface area contributed by atoms with E-state index in [-0.39, 0.29) is 24.2 Å². The van der Waals surface area contributed by atoms with Gasteiger partial charge in [-0.05, 0) is 13.5 Å². The molecule has 0 bridgehead atoms. The molecule has 1 N–H and O–H groups in total. The van der Waals surface area contributed by atoms with Crippen LogP contribution >= 0.6 is 12.4 Å². The maximum Gasteiger partial charge on any atom is 0.225 e. The van der Waals surface area contributed by atoms with Crippen LogP contribution in [-0.4, -0.2) is 37.0 Å². The van der Waals surface area contributed by atoms with Gasteiger partial charge in [0.1, 0.15) is 0 Å². The van der Waals surface area contributed by atoms with Crippen molar-refractivity contribution in [3.8, 4) is 0 Å². The fourth-order valence-corrected chi connectivity index (χ4v) is 1.56. The van der Waals surface area contributed by atoms with E-state index in [4.69, 9.17) is 0 Å². The first-order valence-corrected chi connectivity index (χ1v) is 4.61. The second-order valence-corrected chi connectivity index (χ2v) is 3.71. The molecule has 0 aliphatic carbocycles. The first kappa shape index (κ1) is 12.7. The van der Waals surface area contributed by atoms with Crippen LogP contribution in [-0.2, 0) is 4.79 Å². The highest BCUT2D eigenvalue weighted by molar-refractivity contribution is 5.85. The minimum atomic E-state index is 0. The lowest BCUT2D eigenvalue weighted by Gasteiger charge is -2.18. The molecule has 1 unspecified atom stereocenters. The third-order valence-electron chi connectivity index (χ3n) is 2.40. The molecule has 0 aromatic rings. The zero-order valence-electron chi connectivity index (χ0n) is 8.54. The van der Waals surface area contributed by atoms with Gasteiger partial charge >= 0.3 is 0 Å². The molecule has 1 saturated heterocycles. The van der Waals surface area contributed by atoms with E-state index in [0.717, 1.165) is 19.5 Å². The van der Waals surface area contributed by atoms with Crippen molar-refractivity contribution in [1.82, 2.24) is 10.2 Å². The number of rotatable bonds is 2. The molecule has 0 saturated carbocycles. The van der Waals surface area contributed by atoms with Crippen molar-refractivity contribution in [2.75, 3.05) is 20.1 Å². The Labute approximate surface area is 86.3 Å². The van der Waals surface area contributed by atoms with E-state index in [1.807, 2.05) is 25.8 Å². The Balaban J connectivity index is 0.00000144. The molecule has 0 aromatic heterocycles. The highest BCUT2D eigenvalue weighted by Gasteiger charge is 2.25. The highest BCUT2D eigenvalue weighted by atomic mass is 35.5. The Morgan fingerprint density at radius 3 is 2.54 bits per heavy atom. The van der Waals surface area contributed by atoms with Gasteiger partial charge in [-0.15, -0.1) is 12.4 Å². The molecule has 1 amide bonds. The smallest absolute Gasteiger partial charge is 0.225 e. The molecule has 1 fully saturated rings.